The van der Waals surface area contributed by atoms with Crippen LogP contribution in [0.15, 0.2) is 12.7 Å². The Morgan fingerprint density at radius 3 is 2.40 bits per heavy atom. The van der Waals surface area contributed by atoms with Crippen molar-refractivity contribution in [1.82, 2.24) is 5.32 Å². The molecule has 2 saturated heterocycles. The van der Waals surface area contributed by atoms with Crippen LogP contribution in [0.5, 0.6) is 0 Å². The van der Waals surface area contributed by atoms with Gasteiger partial charge in [-0.25, -0.2) is 0 Å². The number of carbonyl (C=O) groups excluding carboxylic acids is 2. The highest BCUT2D eigenvalue weighted by molar-refractivity contribution is 6.76. The van der Waals surface area contributed by atoms with Gasteiger partial charge in [-0.3, -0.25) is 9.59 Å². The molecule has 142 valence electrons. The van der Waals surface area contributed by atoms with E-state index in [0.29, 0.717) is 0 Å². The Kier molecular flexibility index (Phi) is 5.70. The van der Waals surface area contributed by atoms with Crippen molar-refractivity contribution in [3.63, 3.8) is 0 Å². The molecule has 25 heavy (non-hydrogen) atoms. The third-order valence-electron chi connectivity index (χ3n) is 4.23. The summed E-state index contributed by atoms with van der Waals surface area (Å²) in [7, 11) is 1.25. The van der Waals surface area contributed by atoms with Crippen LogP contribution in [-0.2, 0) is 28.5 Å². The summed E-state index contributed by atoms with van der Waals surface area (Å²) >= 11 is 17.0. The highest BCUT2D eigenvalue weighted by atomic mass is 35.6. The van der Waals surface area contributed by atoms with Gasteiger partial charge in [-0.15, -0.1) is 6.58 Å². The van der Waals surface area contributed by atoms with Gasteiger partial charge >= 0.3 is 5.97 Å². The van der Waals surface area contributed by atoms with Crippen LogP contribution in [0, 0.1) is 5.92 Å². The number of ether oxygens (including phenoxy) is 4. The second-order valence-electron chi connectivity index (χ2n) is 6.38. The lowest BCUT2D eigenvalue weighted by Crippen LogP contribution is -2.63. The minimum atomic E-state index is -2.22. The molecule has 0 saturated carbocycles. The van der Waals surface area contributed by atoms with Crippen molar-refractivity contribution in [2.45, 2.75) is 54.4 Å². The summed E-state index contributed by atoms with van der Waals surface area (Å²) in [5.74, 6) is -3.19. The SMILES string of the molecule is C=C[C@@]1(NC(=O)C(Cl)(Cl)Cl)[C@H]2OC(C)(C)O[C@H]2O[C@H]1[C@@H](C)C(=O)OC. The van der Waals surface area contributed by atoms with Crippen molar-refractivity contribution in [3.8, 4) is 0 Å². The van der Waals surface area contributed by atoms with E-state index in [4.69, 9.17) is 53.8 Å². The van der Waals surface area contributed by atoms with Crippen molar-refractivity contribution in [2.75, 3.05) is 7.11 Å². The predicted octanol–water partition coefficient (Wildman–Crippen LogP) is 2.08. The summed E-state index contributed by atoms with van der Waals surface area (Å²) < 4.78 is 20.0. The molecule has 0 aromatic carbocycles. The van der Waals surface area contributed by atoms with E-state index < -0.39 is 51.4 Å². The average Bonchev–Trinajstić information content (AvgIpc) is 2.96. The first-order chi connectivity index (χ1) is 11.4. The highest BCUT2D eigenvalue weighted by Crippen LogP contribution is 2.46. The number of hydrogen-bond donors (Lipinski definition) is 1. The fraction of sp³-hybridized carbons (Fsp3) is 0.733. The third-order valence-corrected chi connectivity index (χ3v) is 4.75. The molecule has 0 aromatic heterocycles. The first-order valence-electron chi connectivity index (χ1n) is 7.50. The second-order valence-corrected chi connectivity index (χ2v) is 8.66. The molecule has 7 nitrogen and oxygen atoms in total. The van der Waals surface area contributed by atoms with Crippen LogP contribution in [-0.4, -0.2) is 52.6 Å². The van der Waals surface area contributed by atoms with E-state index in [1.165, 1.54) is 13.2 Å². The Morgan fingerprint density at radius 1 is 1.32 bits per heavy atom. The van der Waals surface area contributed by atoms with Gasteiger partial charge in [0.15, 0.2) is 12.1 Å². The van der Waals surface area contributed by atoms with Crippen molar-refractivity contribution >= 4 is 46.7 Å². The number of alkyl halides is 3. The standard InChI is InChI=1S/C15H20Cl3NO6/c1-6-14(19-12(21)15(16,17)18)8(7(2)10(20)22-5)23-11-9(14)24-13(3,4)25-11/h6-9,11H,1H2,2-5H3,(H,19,21)/t7-,8+,9+,11-,14+/m1/s1. The summed E-state index contributed by atoms with van der Waals surface area (Å²) in [6.45, 7) is 8.74. The molecular formula is C15H20Cl3NO6. The van der Waals surface area contributed by atoms with Crippen LogP contribution in [0.25, 0.3) is 0 Å². The monoisotopic (exact) mass is 415 g/mol. The first-order valence-corrected chi connectivity index (χ1v) is 8.63. The van der Waals surface area contributed by atoms with Crippen molar-refractivity contribution < 1.29 is 28.5 Å². The topological polar surface area (TPSA) is 83.1 Å². The van der Waals surface area contributed by atoms with E-state index in [-0.39, 0.29) is 0 Å². The van der Waals surface area contributed by atoms with Crippen molar-refractivity contribution in [3.05, 3.63) is 12.7 Å². The molecule has 0 unspecified atom stereocenters. The predicted molar refractivity (Wildman–Crippen MR) is 91.2 cm³/mol. The van der Waals surface area contributed by atoms with Crippen LogP contribution in [0.2, 0.25) is 0 Å². The molecular weight excluding hydrogens is 397 g/mol. The number of fused-ring (bicyclic) bond motifs is 1. The van der Waals surface area contributed by atoms with Gasteiger partial charge in [0, 0.05) is 0 Å². The zero-order valence-electron chi connectivity index (χ0n) is 14.2. The molecule has 2 aliphatic heterocycles. The fourth-order valence-corrected chi connectivity index (χ4v) is 3.25. The summed E-state index contributed by atoms with van der Waals surface area (Å²) in [5, 5.41) is 2.61. The molecule has 2 rings (SSSR count). The number of nitrogens with one attached hydrogen (secondary N) is 1. The van der Waals surface area contributed by atoms with Crippen molar-refractivity contribution in [1.29, 1.82) is 0 Å². The molecule has 2 heterocycles. The number of amides is 1. The first kappa shape index (κ1) is 20.7. The minimum Gasteiger partial charge on any atom is -0.469 e. The zero-order valence-corrected chi connectivity index (χ0v) is 16.4. The average molecular weight is 417 g/mol. The Bertz CT molecular complexity index is 578. The van der Waals surface area contributed by atoms with E-state index in [0.717, 1.165) is 0 Å². The van der Waals surface area contributed by atoms with Crippen LogP contribution in [0.4, 0.5) is 0 Å². The van der Waals surface area contributed by atoms with Gasteiger partial charge in [-0.1, -0.05) is 40.9 Å². The van der Waals surface area contributed by atoms with E-state index in [2.05, 4.69) is 11.9 Å². The maximum atomic E-state index is 12.3. The van der Waals surface area contributed by atoms with Gasteiger partial charge in [0.05, 0.1) is 13.0 Å². The highest BCUT2D eigenvalue weighted by Gasteiger charge is 2.65. The maximum Gasteiger partial charge on any atom is 0.311 e. The number of rotatable bonds is 4. The Labute approximate surface area is 160 Å². The van der Waals surface area contributed by atoms with Gasteiger partial charge in [0.1, 0.15) is 17.7 Å². The van der Waals surface area contributed by atoms with E-state index in [9.17, 15) is 9.59 Å². The zero-order chi connectivity index (χ0) is 19.2. The molecule has 0 aromatic rings. The largest absolute Gasteiger partial charge is 0.469 e. The Hall–Kier alpha value is -0.570. The summed E-state index contributed by atoms with van der Waals surface area (Å²) in [6.07, 6.45) is -1.14. The normalized spacial score (nSPS) is 34.9. The Balaban J connectivity index is 2.44. The number of hydrogen-bond acceptors (Lipinski definition) is 6. The minimum absolute atomic E-state index is 0.543. The molecule has 0 bridgehead atoms. The van der Waals surface area contributed by atoms with E-state index in [1.54, 1.807) is 20.8 Å². The molecule has 5 atom stereocenters. The molecule has 0 radical (unpaired) electrons. The van der Waals surface area contributed by atoms with Gasteiger partial charge in [0.2, 0.25) is 0 Å². The number of methoxy groups -OCH3 is 1. The summed E-state index contributed by atoms with van der Waals surface area (Å²) in [6, 6.07) is 0. The lowest BCUT2D eigenvalue weighted by atomic mass is 9.82. The number of halogens is 3. The van der Waals surface area contributed by atoms with Crippen LogP contribution >= 0.6 is 34.8 Å². The lowest BCUT2D eigenvalue weighted by molar-refractivity contribution is -0.217. The molecule has 2 aliphatic rings. The lowest BCUT2D eigenvalue weighted by Gasteiger charge is -2.38. The Morgan fingerprint density at radius 2 is 1.92 bits per heavy atom. The van der Waals surface area contributed by atoms with Crippen LogP contribution < -0.4 is 5.32 Å². The number of esters is 1. The molecule has 2 fully saturated rings. The number of carbonyl (C=O) groups is 2. The van der Waals surface area contributed by atoms with E-state index >= 15 is 0 Å². The summed E-state index contributed by atoms with van der Waals surface area (Å²) in [4.78, 5) is 24.3. The smallest absolute Gasteiger partial charge is 0.311 e. The quantitative estimate of drug-likeness (QED) is 0.429. The maximum absolute atomic E-state index is 12.3. The van der Waals surface area contributed by atoms with Gasteiger partial charge in [-0.2, -0.15) is 0 Å². The third kappa shape index (κ3) is 3.77. The molecule has 0 aliphatic carbocycles. The molecule has 10 heteroatoms. The van der Waals surface area contributed by atoms with Gasteiger partial charge in [0.25, 0.3) is 9.70 Å². The second kappa shape index (κ2) is 6.87. The van der Waals surface area contributed by atoms with Crippen LogP contribution in [0.1, 0.15) is 20.8 Å². The van der Waals surface area contributed by atoms with Gasteiger partial charge in [-0.05, 0) is 20.8 Å². The van der Waals surface area contributed by atoms with E-state index in [1.807, 2.05) is 0 Å². The molecule has 1 N–H and O–H groups in total. The summed E-state index contributed by atoms with van der Waals surface area (Å²) in [5.41, 5.74) is -1.37. The van der Waals surface area contributed by atoms with Gasteiger partial charge < -0.3 is 24.3 Å². The van der Waals surface area contributed by atoms with Crippen molar-refractivity contribution in [2.24, 2.45) is 5.92 Å². The van der Waals surface area contributed by atoms with Crippen LogP contribution in [0.3, 0.4) is 0 Å². The molecule has 0 spiro atoms. The fourth-order valence-electron chi connectivity index (χ4n) is 3.11. The molecule has 1 amide bonds.